The summed E-state index contributed by atoms with van der Waals surface area (Å²) in [4.78, 5) is 33.0. The summed E-state index contributed by atoms with van der Waals surface area (Å²) < 4.78 is 36.4. The number of amides is 2. The zero-order valence-electron chi connectivity index (χ0n) is 27.8. The minimum atomic E-state index is -3.96. The lowest BCUT2D eigenvalue weighted by Crippen LogP contribution is -2.57. The van der Waals surface area contributed by atoms with Crippen molar-refractivity contribution in [2.45, 2.75) is 81.8 Å². The molecule has 1 N–H and O–H groups in total. The van der Waals surface area contributed by atoms with Crippen LogP contribution in [0.5, 0.6) is 5.75 Å². The zero-order valence-corrected chi connectivity index (χ0v) is 28.6. The number of carbonyl (C=O) groups is 2. The Labute approximate surface area is 277 Å². The standard InChI is InChI=1S/C36H45N5O5S/c1-38(2)47(44,45)37-34(42)23-10-14-28-31(16-23)40-21-36(35(43)41-24-11-12-25(41)20-39(3)19-24)18-30(36)29-17-26(46-4)13-15-27(29)33(40)32(28)22-8-6-5-7-9-22/h10,13-17,22,24-25,30H,5-9,11-12,18-21H2,1-4H3,(H,37,42)/t24-,25+,30-,36-/m1/s1. The first-order chi connectivity index (χ1) is 22.5. The van der Waals surface area contributed by atoms with Crippen molar-refractivity contribution in [1.29, 1.82) is 0 Å². The third-order valence-corrected chi connectivity index (χ3v) is 13.2. The van der Waals surface area contributed by atoms with Gasteiger partial charge in [0.15, 0.2) is 0 Å². The Balaban J connectivity index is 1.32. The molecule has 2 aliphatic carbocycles. The second-order valence-corrected chi connectivity index (χ2v) is 16.7. The van der Waals surface area contributed by atoms with Gasteiger partial charge >= 0.3 is 10.2 Å². The molecule has 4 fully saturated rings. The van der Waals surface area contributed by atoms with Gasteiger partial charge in [0.05, 0.1) is 18.2 Å². The molecule has 0 radical (unpaired) electrons. The van der Waals surface area contributed by atoms with Crippen molar-refractivity contribution in [3.05, 3.63) is 53.1 Å². The molecule has 5 aliphatic rings. The van der Waals surface area contributed by atoms with Crippen LogP contribution in [-0.4, -0.2) is 92.3 Å². The van der Waals surface area contributed by atoms with E-state index in [4.69, 9.17) is 4.74 Å². The second-order valence-electron chi connectivity index (χ2n) is 14.8. The molecule has 2 aromatic carbocycles. The van der Waals surface area contributed by atoms with E-state index < -0.39 is 21.5 Å². The molecule has 1 aromatic heterocycles. The topological polar surface area (TPSA) is 104 Å². The average molecular weight is 660 g/mol. The normalized spacial score (nSPS) is 27.3. The fourth-order valence-electron chi connectivity index (χ4n) is 9.39. The van der Waals surface area contributed by atoms with Crippen LogP contribution in [0.2, 0.25) is 0 Å². The van der Waals surface area contributed by atoms with E-state index in [0.29, 0.717) is 12.5 Å². The van der Waals surface area contributed by atoms with Crippen molar-refractivity contribution >= 4 is 32.9 Å². The SMILES string of the molecule is COc1ccc2c(c1)[C@H]1C[C@@]1(C(=O)N1[C@@H]3CC[C@H]1CN(C)C3)Cn1c-2c(C2CCCCC2)c2ccc(C(=O)NS(=O)(=O)N(C)C)cc21. The summed E-state index contributed by atoms with van der Waals surface area (Å²) >= 11 is 0. The van der Waals surface area contributed by atoms with Crippen LogP contribution in [0.3, 0.4) is 0 Å². The molecule has 3 aromatic rings. The van der Waals surface area contributed by atoms with E-state index in [1.54, 1.807) is 13.2 Å². The Bertz CT molecular complexity index is 1880. The van der Waals surface area contributed by atoms with E-state index in [1.807, 2.05) is 18.2 Å². The molecule has 0 unspecified atom stereocenters. The lowest BCUT2D eigenvalue weighted by atomic mass is 9.81. The van der Waals surface area contributed by atoms with E-state index in [-0.39, 0.29) is 29.5 Å². The third kappa shape index (κ3) is 4.83. The summed E-state index contributed by atoms with van der Waals surface area (Å²) in [5, 5.41) is 1.09. The van der Waals surface area contributed by atoms with Crippen LogP contribution in [0.15, 0.2) is 36.4 Å². The number of benzene rings is 2. The Kier molecular flexibility index (Phi) is 7.27. The van der Waals surface area contributed by atoms with E-state index in [0.717, 1.165) is 77.4 Å². The lowest BCUT2D eigenvalue weighted by Gasteiger charge is -2.41. The Morgan fingerprint density at radius 2 is 1.70 bits per heavy atom. The van der Waals surface area contributed by atoms with E-state index in [1.165, 1.54) is 44.5 Å². The first kappa shape index (κ1) is 30.9. The number of piperazine rings is 1. The number of nitrogens with zero attached hydrogens (tertiary/aromatic N) is 4. The molecule has 47 heavy (non-hydrogen) atoms. The summed E-state index contributed by atoms with van der Waals surface area (Å²) in [6, 6.07) is 12.4. The highest BCUT2D eigenvalue weighted by molar-refractivity contribution is 7.87. The molecule has 2 saturated carbocycles. The maximum Gasteiger partial charge on any atom is 0.303 e. The van der Waals surface area contributed by atoms with Crippen molar-refractivity contribution in [2.75, 3.05) is 41.3 Å². The monoisotopic (exact) mass is 659 g/mol. The minimum absolute atomic E-state index is 0.0741. The van der Waals surface area contributed by atoms with Crippen LogP contribution in [-0.2, 0) is 21.5 Å². The lowest BCUT2D eigenvalue weighted by molar-refractivity contribution is -0.143. The Morgan fingerprint density at radius 3 is 2.38 bits per heavy atom. The van der Waals surface area contributed by atoms with Crippen LogP contribution in [0.4, 0.5) is 0 Å². The van der Waals surface area contributed by atoms with Crippen molar-refractivity contribution in [1.82, 2.24) is 23.4 Å². The predicted molar refractivity (Wildman–Crippen MR) is 181 cm³/mol. The fraction of sp³-hybridized carbons (Fsp3) is 0.556. The number of nitrogens with one attached hydrogen (secondary N) is 1. The molecule has 10 nitrogen and oxygen atoms in total. The van der Waals surface area contributed by atoms with Gasteiger partial charge < -0.3 is 19.1 Å². The van der Waals surface area contributed by atoms with Crippen LogP contribution >= 0.6 is 0 Å². The Morgan fingerprint density at radius 1 is 0.979 bits per heavy atom. The molecule has 0 spiro atoms. The van der Waals surface area contributed by atoms with Crippen LogP contribution in [0, 0.1) is 5.41 Å². The van der Waals surface area contributed by atoms with Gasteiger partial charge in [-0.3, -0.25) is 9.59 Å². The Hall–Kier alpha value is -3.41. The maximum absolute atomic E-state index is 15.0. The van der Waals surface area contributed by atoms with Crippen molar-refractivity contribution in [3.8, 4) is 17.0 Å². The smallest absolute Gasteiger partial charge is 0.303 e. The largest absolute Gasteiger partial charge is 0.497 e. The number of carbonyl (C=O) groups excluding carboxylic acids is 2. The molecule has 2 amide bonds. The van der Waals surface area contributed by atoms with Crippen molar-refractivity contribution in [3.63, 3.8) is 0 Å². The highest BCUT2D eigenvalue weighted by atomic mass is 32.2. The summed E-state index contributed by atoms with van der Waals surface area (Å²) in [7, 11) is 2.67. The highest BCUT2D eigenvalue weighted by Gasteiger charge is 2.65. The van der Waals surface area contributed by atoms with E-state index in [2.05, 4.69) is 38.3 Å². The first-order valence-electron chi connectivity index (χ1n) is 17.1. The molecular formula is C36H45N5O5S. The number of fused-ring (bicyclic) bond motifs is 9. The van der Waals surface area contributed by atoms with E-state index >= 15 is 0 Å². The number of likely N-dealkylation sites (N-methyl/N-ethyl adjacent to an activating group) is 1. The molecule has 2 saturated heterocycles. The number of methoxy groups -OCH3 is 1. The molecule has 11 heteroatoms. The average Bonchev–Trinajstić information content (AvgIpc) is 3.64. The quantitative estimate of drug-likeness (QED) is 0.412. The number of ether oxygens (including phenoxy) is 1. The molecule has 8 rings (SSSR count). The number of likely N-dealkylation sites (tertiary alicyclic amines) is 1. The summed E-state index contributed by atoms with van der Waals surface area (Å²) in [5.74, 6) is 0.822. The van der Waals surface area contributed by atoms with Crippen LogP contribution < -0.4 is 9.46 Å². The summed E-state index contributed by atoms with van der Waals surface area (Å²) in [6.45, 7) is 2.34. The number of rotatable bonds is 6. The summed E-state index contributed by atoms with van der Waals surface area (Å²) in [5.41, 5.74) is 5.33. The molecule has 250 valence electrons. The van der Waals surface area contributed by atoms with Crippen LogP contribution in [0.1, 0.15) is 84.7 Å². The summed E-state index contributed by atoms with van der Waals surface area (Å²) in [6.07, 6.45) is 8.64. The first-order valence-corrected chi connectivity index (χ1v) is 18.6. The van der Waals surface area contributed by atoms with E-state index in [9.17, 15) is 18.0 Å². The molecular weight excluding hydrogens is 614 g/mol. The van der Waals surface area contributed by atoms with Gasteiger partial charge in [0.2, 0.25) is 5.91 Å². The maximum atomic E-state index is 15.0. The number of hydrogen-bond donors (Lipinski definition) is 1. The van der Waals surface area contributed by atoms with Gasteiger partial charge in [-0.15, -0.1) is 0 Å². The molecule has 4 heterocycles. The predicted octanol–water partition coefficient (Wildman–Crippen LogP) is 4.69. The second kappa shape index (κ2) is 11.1. The van der Waals surface area contributed by atoms with Crippen molar-refractivity contribution < 1.29 is 22.7 Å². The fourth-order valence-corrected chi connectivity index (χ4v) is 9.93. The number of aromatic nitrogens is 1. The van der Waals surface area contributed by atoms with Gasteiger partial charge in [-0.25, -0.2) is 4.72 Å². The van der Waals surface area contributed by atoms with Crippen LogP contribution in [0.25, 0.3) is 22.2 Å². The third-order valence-electron chi connectivity index (χ3n) is 11.8. The number of hydrogen-bond acceptors (Lipinski definition) is 6. The van der Waals surface area contributed by atoms with Crippen molar-refractivity contribution in [2.24, 2.45) is 5.41 Å². The molecule has 4 atom stereocenters. The molecule has 3 aliphatic heterocycles. The van der Waals surface area contributed by atoms with Gasteiger partial charge in [-0.1, -0.05) is 25.3 Å². The van der Waals surface area contributed by atoms with Gasteiger partial charge in [-0.2, -0.15) is 12.7 Å². The zero-order chi connectivity index (χ0) is 32.8. The molecule has 2 bridgehead atoms. The minimum Gasteiger partial charge on any atom is -0.497 e. The van der Waals surface area contributed by atoms with Gasteiger partial charge in [0.1, 0.15) is 5.75 Å². The van der Waals surface area contributed by atoms with Gasteiger partial charge in [0, 0.05) is 73.8 Å². The van der Waals surface area contributed by atoms with Gasteiger partial charge in [-0.05, 0) is 86.5 Å². The highest BCUT2D eigenvalue weighted by Crippen LogP contribution is 2.66. The van der Waals surface area contributed by atoms with Gasteiger partial charge in [0.25, 0.3) is 5.91 Å².